The number of sulfone groups is 1. The van der Waals surface area contributed by atoms with Crippen molar-refractivity contribution in [2.75, 3.05) is 13.1 Å². The number of benzene rings is 1. The SMILES string of the molecule is O=S(=O)(c1ccc(F)c(S(=O)(=O)C(F)(F)F)c1)N1CC[C@@H](O)C1. The molecule has 1 aliphatic heterocycles. The number of nitrogens with zero attached hydrogens (tertiary/aromatic N) is 1. The second kappa shape index (κ2) is 5.69. The Morgan fingerprint density at radius 3 is 2.26 bits per heavy atom. The van der Waals surface area contributed by atoms with Crippen molar-refractivity contribution in [3.63, 3.8) is 0 Å². The third-order valence-electron chi connectivity index (χ3n) is 3.26. The van der Waals surface area contributed by atoms with Gasteiger partial charge in [-0.15, -0.1) is 0 Å². The highest BCUT2D eigenvalue weighted by Crippen LogP contribution is 2.33. The Hall–Kier alpha value is -1.24. The van der Waals surface area contributed by atoms with E-state index in [1.807, 2.05) is 0 Å². The Bertz CT molecular complexity index is 819. The molecule has 0 aliphatic carbocycles. The van der Waals surface area contributed by atoms with Gasteiger partial charge in [0.15, 0.2) is 0 Å². The third-order valence-corrected chi connectivity index (χ3v) is 6.62. The molecule has 1 aromatic carbocycles. The van der Waals surface area contributed by atoms with Crippen LogP contribution in [0.2, 0.25) is 0 Å². The highest BCUT2D eigenvalue weighted by atomic mass is 32.2. The maximum Gasteiger partial charge on any atom is 0.502 e. The first-order valence-corrected chi connectivity index (χ1v) is 9.09. The van der Waals surface area contributed by atoms with Crippen LogP contribution in [0.1, 0.15) is 6.42 Å². The lowest BCUT2D eigenvalue weighted by molar-refractivity contribution is -0.0437. The number of aliphatic hydroxyl groups excluding tert-OH is 1. The molecule has 0 amide bonds. The van der Waals surface area contributed by atoms with E-state index in [4.69, 9.17) is 0 Å². The van der Waals surface area contributed by atoms with Crippen molar-refractivity contribution in [1.29, 1.82) is 0 Å². The molecule has 130 valence electrons. The summed E-state index contributed by atoms with van der Waals surface area (Å²) in [7, 11) is -10.4. The van der Waals surface area contributed by atoms with Crippen molar-refractivity contribution in [3.05, 3.63) is 24.0 Å². The molecule has 1 fully saturated rings. The standard InChI is InChI=1S/C11H11F4NO5S2/c12-9-2-1-8(5-10(9)22(18,19)11(13,14)15)23(20,21)16-4-3-7(17)6-16/h1-2,5,7,17H,3-4,6H2/t7-/m1/s1. The van der Waals surface area contributed by atoms with Gasteiger partial charge in [0.1, 0.15) is 10.7 Å². The van der Waals surface area contributed by atoms with Gasteiger partial charge in [-0.05, 0) is 24.6 Å². The summed E-state index contributed by atoms with van der Waals surface area (Å²) >= 11 is 0. The molecule has 1 atom stereocenters. The summed E-state index contributed by atoms with van der Waals surface area (Å²) in [6.45, 7) is -0.358. The third kappa shape index (κ3) is 3.20. The molecule has 1 aliphatic rings. The molecule has 12 heteroatoms. The van der Waals surface area contributed by atoms with Crippen LogP contribution in [0.5, 0.6) is 0 Å². The van der Waals surface area contributed by atoms with E-state index in [1.54, 1.807) is 0 Å². The normalized spacial score (nSPS) is 20.8. The van der Waals surface area contributed by atoms with E-state index >= 15 is 0 Å². The molecule has 2 rings (SSSR count). The van der Waals surface area contributed by atoms with Gasteiger partial charge in [0.2, 0.25) is 10.0 Å². The van der Waals surface area contributed by atoms with Crippen LogP contribution in [-0.2, 0) is 19.9 Å². The van der Waals surface area contributed by atoms with Crippen LogP contribution in [0, 0.1) is 5.82 Å². The molecule has 1 N–H and O–H groups in total. The van der Waals surface area contributed by atoms with E-state index in [9.17, 15) is 39.5 Å². The summed E-state index contributed by atoms with van der Waals surface area (Å²) in [6.07, 6.45) is -0.794. The average molecular weight is 377 g/mol. The average Bonchev–Trinajstić information content (AvgIpc) is 2.85. The number of sulfonamides is 1. The van der Waals surface area contributed by atoms with E-state index < -0.39 is 47.1 Å². The minimum atomic E-state index is -6.03. The Morgan fingerprint density at radius 1 is 1.17 bits per heavy atom. The van der Waals surface area contributed by atoms with Crippen molar-refractivity contribution in [1.82, 2.24) is 4.31 Å². The second-order valence-corrected chi connectivity index (χ2v) is 8.69. The van der Waals surface area contributed by atoms with Crippen molar-refractivity contribution in [2.45, 2.75) is 27.8 Å². The van der Waals surface area contributed by atoms with Gasteiger partial charge >= 0.3 is 5.51 Å². The zero-order valence-corrected chi connectivity index (χ0v) is 12.9. The van der Waals surface area contributed by atoms with Gasteiger partial charge in [0.25, 0.3) is 9.84 Å². The topological polar surface area (TPSA) is 91.8 Å². The lowest BCUT2D eigenvalue weighted by atomic mass is 10.3. The van der Waals surface area contributed by atoms with Gasteiger partial charge in [-0.25, -0.2) is 21.2 Å². The van der Waals surface area contributed by atoms with Crippen LogP contribution in [0.4, 0.5) is 17.6 Å². The minimum absolute atomic E-state index is 0.0811. The zero-order chi connectivity index (χ0) is 17.6. The van der Waals surface area contributed by atoms with Crippen molar-refractivity contribution in [3.8, 4) is 0 Å². The number of hydrogen-bond donors (Lipinski definition) is 1. The van der Waals surface area contributed by atoms with E-state index in [0.29, 0.717) is 12.1 Å². The summed E-state index contributed by atoms with van der Waals surface area (Å²) in [6, 6.07) is 1.15. The van der Waals surface area contributed by atoms with Crippen molar-refractivity contribution in [2.24, 2.45) is 0 Å². The molecule has 0 radical (unpaired) electrons. The number of hydrogen-bond acceptors (Lipinski definition) is 5. The van der Waals surface area contributed by atoms with Crippen molar-refractivity contribution >= 4 is 19.9 Å². The molecule has 0 saturated carbocycles. The number of rotatable bonds is 3. The van der Waals surface area contributed by atoms with Crippen LogP contribution in [-0.4, -0.2) is 50.9 Å². The number of alkyl halides is 3. The summed E-state index contributed by atoms with van der Waals surface area (Å²) in [5.41, 5.74) is -5.76. The highest BCUT2D eigenvalue weighted by Gasteiger charge is 2.48. The zero-order valence-electron chi connectivity index (χ0n) is 11.3. The molecule has 0 aromatic heterocycles. The van der Waals surface area contributed by atoms with Gasteiger partial charge in [-0.3, -0.25) is 0 Å². The number of β-amino-alcohol motifs (C(OH)–C–C–N with tert-alkyl or cyclic N) is 1. The Morgan fingerprint density at radius 2 is 1.78 bits per heavy atom. The fraction of sp³-hybridized carbons (Fsp3) is 0.455. The summed E-state index contributed by atoms with van der Waals surface area (Å²) in [5, 5.41) is 9.33. The van der Waals surface area contributed by atoms with Crippen LogP contribution in [0.15, 0.2) is 28.0 Å². The molecular formula is C11H11F4NO5S2. The van der Waals surface area contributed by atoms with Crippen LogP contribution in [0.25, 0.3) is 0 Å². The first kappa shape index (κ1) is 18.1. The monoisotopic (exact) mass is 377 g/mol. The largest absolute Gasteiger partial charge is 0.502 e. The van der Waals surface area contributed by atoms with Crippen molar-refractivity contribution < 1.29 is 39.5 Å². The first-order chi connectivity index (χ1) is 10.4. The van der Waals surface area contributed by atoms with Gasteiger partial charge in [-0.1, -0.05) is 0 Å². The molecular weight excluding hydrogens is 366 g/mol. The quantitative estimate of drug-likeness (QED) is 0.790. The Kier molecular flexibility index (Phi) is 4.47. The smallest absolute Gasteiger partial charge is 0.392 e. The van der Waals surface area contributed by atoms with E-state index in [0.717, 1.165) is 4.31 Å². The maximum atomic E-state index is 13.5. The molecule has 1 heterocycles. The molecule has 0 bridgehead atoms. The Labute approximate surface area is 129 Å². The van der Waals surface area contributed by atoms with E-state index in [1.165, 1.54) is 0 Å². The molecule has 23 heavy (non-hydrogen) atoms. The lowest BCUT2D eigenvalue weighted by Gasteiger charge is -2.17. The number of halogens is 4. The molecule has 0 unspecified atom stereocenters. The maximum absolute atomic E-state index is 13.5. The highest BCUT2D eigenvalue weighted by molar-refractivity contribution is 7.92. The van der Waals surface area contributed by atoms with Gasteiger partial charge in [-0.2, -0.15) is 17.5 Å². The fourth-order valence-electron chi connectivity index (χ4n) is 2.05. The molecule has 1 saturated heterocycles. The van der Waals surface area contributed by atoms with Gasteiger partial charge in [0, 0.05) is 13.1 Å². The predicted octanol–water partition coefficient (Wildman–Crippen LogP) is 0.875. The van der Waals surface area contributed by atoms with Crippen LogP contribution >= 0.6 is 0 Å². The molecule has 6 nitrogen and oxygen atoms in total. The minimum Gasteiger partial charge on any atom is -0.392 e. The van der Waals surface area contributed by atoms with Crippen LogP contribution < -0.4 is 0 Å². The van der Waals surface area contributed by atoms with Gasteiger partial charge < -0.3 is 5.11 Å². The molecule has 1 aromatic rings. The first-order valence-electron chi connectivity index (χ1n) is 6.16. The van der Waals surface area contributed by atoms with E-state index in [2.05, 4.69) is 0 Å². The predicted molar refractivity (Wildman–Crippen MR) is 69.0 cm³/mol. The summed E-state index contributed by atoms with van der Waals surface area (Å²) < 4.78 is 99.0. The second-order valence-electron chi connectivity index (χ2n) is 4.85. The Balaban J connectivity index is 2.54. The van der Waals surface area contributed by atoms with E-state index in [-0.39, 0.29) is 25.6 Å². The summed E-state index contributed by atoms with van der Waals surface area (Å²) in [4.78, 5) is -2.55. The lowest BCUT2D eigenvalue weighted by Crippen LogP contribution is -2.30. The van der Waals surface area contributed by atoms with Crippen LogP contribution in [0.3, 0.4) is 0 Å². The van der Waals surface area contributed by atoms with Gasteiger partial charge in [0.05, 0.1) is 11.0 Å². The fourth-order valence-corrected chi connectivity index (χ4v) is 4.50. The summed E-state index contributed by atoms with van der Waals surface area (Å²) in [5.74, 6) is -1.71. The molecule has 0 spiro atoms. The number of aliphatic hydroxyl groups is 1.